The molecule has 2 N–H and O–H groups in total. The standard InChI is InChI=1S/C32H24N2O2/c1-3-33-25-15-7-11-19-9-5-13-21(29(19)25)27(33)17-23-31(35)24(32(23)36)18-28-22-14-6-10-20-12-8-16-26(30(20)22)34(28)4-2/h5-18H,3-4H2,1-2H3/p+2. The Morgan fingerprint density at radius 2 is 1.56 bits per heavy atom. The average Bonchev–Trinajstić information content (AvgIpc) is 3.40. The van der Waals surface area contributed by atoms with E-state index in [1.807, 2.05) is 12.2 Å². The number of carbonyl (C=O) groups excluding carboxylic acids is 1. The Morgan fingerprint density at radius 3 is 2.28 bits per heavy atom. The van der Waals surface area contributed by atoms with Crippen molar-refractivity contribution in [3.63, 3.8) is 0 Å². The van der Waals surface area contributed by atoms with Crippen LogP contribution in [0.2, 0.25) is 0 Å². The quantitative estimate of drug-likeness (QED) is 0.204. The maximum atomic E-state index is 13.4. The average molecular weight is 471 g/mol. The topological polar surface area (TPSA) is 47.9 Å². The third kappa shape index (κ3) is 2.64. The lowest BCUT2D eigenvalue weighted by atomic mass is 9.86. The smallest absolute Gasteiger partial charge is 0.277 e. The predicted octanol–water partition coefficient (Wildman–Crippen LogP) is 5.12. The van der Waals surface area contributed by atoms with Crippen LogP contribution in [0.3, 0.4) is 0 Å². The molecule has 174 valence electrons. The molecule has 1 aromatic heterocycles. The molecule has 1 aliphatic heterocycles. The summed E-state index contributed by atoms with van der Waals surface area (Å²) < 4.78 is 4.49. The first kappa shape index (κ1) is 20.9. The number of ketones is 1. The van der Waals surface area contributed by atoms with Crippen LogP contribution >= 0.6 is 0 Å². The Balaban J connectivity index is 1.41. The summed E-state index contributed by atoms with van der Waals surface area (Å²) in [5.74, 6) is 0.261. The molecule has 0 amide bonds. The van der Waals surface area contributed by atoms with E-state index in [0.29, 0.717) is 16.9 Å². The van der Waals surface area contributed by atoms with E-state index in [0.717, 1.165) is 46.3 Å². The van der Waals surface area contributed by atoms with Gasteiger partial charge in [-0.15, -0.1) is 0 Å². The molecular formula is C32H26N2O2+2. The maximum absolute atomic E-state index is 13.4. The van der Waals surface area contributed by atoms with Crippen molar-refractivity contribution in [3.8, 4) is 0 Å². The SMILES string of the molecule is CCn1/c(=C/C2=C([OH2+])C(=C/C3=[N+](CC)c4cccc5cccc3c45)/C2=O)c2cccc3cccc1c32. The van der Waals surface area contributed by atoms with Gasteiger partial charge in [0.1, 0.15) is 17.7 Å². The van der Waals surface area contributed by atoms with Crippen LogP contribution in [0.4, 0.5) is 5.69 Å². The molecule has 0 unspecified atom stereocenters. The van der Waals surface area contributed by atoms with Gasteiger partial charge in [0.05, 0.1) is 16.3 Å². The van der Waals surface area contributed by atoms with E-state index in [-0.39, 0.29) is 5.78 Å². The van der Waals surface area contributed by atoms with Crippen LogP contribution in [0, 0.1) is 0 Å². The number of nitrogens with zero attached hydrogens (tertiary/aromatic N) is 2. The molecule has 0 spiro atoms. The van der Waals surface area contributed by atoms with E-state index in [1.54, 1.807) is 0 Å². The lowest BCUT2D eigenvalue weighted by molar-refractivity contribution is -0.430. The van der Waals surface area contributed by atoms with E-state index in [9.17, 15) is 4.79 Å². The van der Waals surface area contributed by atoms with Gasteiger partial charge in [0.25, 0.3) is 5.76 Å². The maximum Gasteiger partial charge on any atom is 0.277 e. The zero-order chi connectivity index (χ0) is 24.6. The van der Waals surface area contributed by atoms with Crippen LogP contribution in [0.5, 0.6) is 0 Å². The van der Waals surface area contributed by atoms with Gasteiger partial charge in [0.15, 0.2) is 0 Å². The Morgan fingerprint density at radius 1 is 0.861 bits per heavy atom. The second-order valence-electron chi connectivity index (χ2n) is 9.44. The molecule has 7 rings (SSSR count). The third-order valence-electron chi connectivity index (χ3n) is 7.70. The van der Waals surface area contributed by atoms with Gasteiger partial charge in [-0.2, -0.15) is 4.58 Å². The molecular weight excluding hydrogens is 444 g/mol. The van der Waals surface area contributed by atoms with Crippen LogP contribution in [0.1, 0.15) is 19.4 Å². The van der Waals surface area contributed by atoms with Crippen molar-refractivity contribution < 1.29 is 14.5 Å². The molecule has 0 saturated heterocycles. The van der Waals surface area contributed by atoms with Gasteiger partial charge >= 0.3 is 0 Å². The summed E-state index contributed by atoms with van der Waals surface area (Å²) in [5, 5.41) is 15.8. The highest BCUT2D eigenvalue weighted by molar-refractivity contribution is 6.29. The molecule has 2 aliphatic rings. The van der Waals surface area contributed by atoms with Crippen LogP contribution in [0.25, 0.3) is 38.5 Å². The highest BCUT2D eigenvalue weighted by atomic mass is 16.3. The minimum Gasteiger partial charge on any atom is -0.592 e. The van der Waals surface area contributed by atoms with E-state index in [2.05, 4.69) is 95.8 Å². The van der Waals surface area contributed by atoms with Crippen LogP contribution in [-0.2, 0) is 11.3 Å². The monoisotopic (exact) mass is 470 g/mol. The number of benzene rings is 4. The highest BCUT2D eigenvalue weighted by Crippen LogP contribution is 2.37. The molecule has 0 bridgehead atoms. The number of rotatable bonds is 4. The summed E-state index contributed by atoms with van der Waals surface area (Å²) in [4.78, 5) is 13.4. The number of hydrogen-bond acceptors (Lipinski definition) is 1. The summed E-state index contributed by atoms with van der Waals surface area (Å²) in [7, 11) is 0. The fourth-order valence-electron chi connectivity index (χ4n) is 6.07. The zero-order valence-corrected chi connectivity index (χ0v) is 20.3. The molecule has 0 atom stereocenters. The molecule has 0 fully saturated rings. The molecule has 0 saturated carbocycles. The van der Waals surface area contributed by atoms with E-state index < -0.39 is 0 Å². The molecule has 4 heteroatoms. The summed E-state index contributed by atoms with van der Waals surface area (Å²) >= 11 is 0. The lowest BCUT2D eigenvalue weighted by Crippen LogP contribution is -2.26. The van der Waals surface area contributed by atoms with Gasteiger partial charge in [0.2, 0.25) is 17.2 Å². The first-order valence-corrected chi connectivity index (χ1v) is 12.5. The molecule has 4 aromatic carbocycles. The van der Waals surface area contributed by atoms with Crippen molar-refractivity contribution in [1.29, 1.82) is 0 Å². The van der Waals surface area contributed by atoms with Crippen molar-refractivity contribution >= 4 is 55.7 Å². The number of Topliss-reactive ketones (excluding diaryl/α,β-unsaturated/α-hetero) is 1. The number of aryl methyl sites for hydroxylation is 1. The first-order valence-electron chi connectivity index (χ1n) is 12.5. The summed E-state index contributed by atoms with van der Waals surface area (Å²) in [5.41, 5.74) is 5.42. The van der Waals surface area contributed by atoms with Gasteiger partial charge in [-0.05, 0) is 42.8 Å². The van der Waals surface area contributed by atoms with Crippen LogP contribution < -0.4 is 5.35 Å². The van der Waals surface area contributed by atoms with Gasteiger partial charge in [-0.3, -0.25) is 4.79 Å². The fourth-order valence-corrected chi connectivity index (χ4v) is 6.07. The van der Waals surface area contributed by atoms with Crippen molar-refractivity contribution in [2.45, 2.75) is 20.4 Å². The Labute approximate surface area is 208 Å². The molecule has 0 radical (unpaired) electrons. The number of allylic oxidation sites excluding steroid dienone is 3. The summed E-state index contributed by atoms with van der Waals surface area (Å²) in [6.45, 7) is 5.83. The number of hydrogen-bond donors (Lipinski definition) is 0. The Hall–Kier alpha value is -4.44. The van der Waals surface area contributed by atoms with E-state index >= 15 is 0 Å². The largest absolute Gasteiger partial charge is 0.592 e. The van der Waals surface area contributed by atoms with Crippen LogP contribution in [-0.4, -0.2) is 32.3 Å². The molecule has 1 aliphatic carbocycles. The molecule has 2 heterocycles. The lowest BCUT2D eigenvalue weighted by Gasteiger charge is -2.14. The van der Waals surface area contributed by atoms with Gasteiger partial charge in [-0.1, -0.05) is 54.6 Å². The Kier molecular flexibility index (Phi) is 4.37. The normalized spacial score (nSPS) is 17.0. The van der Waals surface area contributed by atoms with Crippen molar-refractivity contribution in [2.75, 3.05) is 6.54 Å². The molecule has 36 heavy (non-hydrogen) atoms. The summed E-state index contributed by atoms with van der Waals surface area (Å²) in [6, 6.07) is 25.3. The second kappa shape index (κ2) is 7.53. The predicted molar refractivity (Wildman–Crippen MR) is 147 cm³/mol. The minimum absolute atomic E-state index is 0.0571. The second-order valence-corrected chi connectivity index (χ2v) is 9.44. The van der Waals surface area contributed by atoms with Gasteiger partial charge < -0.3 is 9.67 Å². The van der Waals surface area contributed by atoms with Gasteiger partial charge in [-0.25, -0.2) is 0 Å². The zero-order valence-electron chi connectivity index (χ0n) is 20.3. The number of carbonyl (C=O) groups is 1. The fraction of sp³-hybridized carbons (Fsp3) is 0.125. The van der Waals surface area contributed by atoms with Crippen molar-refractivity contribution in [3.05, 3.63) is 107 Å². The van der Waals surface area contributed by atoms with E-state index in [1.165, 1.54) is 21.5 Å². The van der Waals surface area contributed by atoms with Crippen molar-refractivity contribution in [1.82, 2.24) is 4.57 Å². The highest BCUT2D eigenvalue weighted by Gasteiger charge is 2.40. The minimum atomic E-state index is -0.0571. The van der Waals surface area contributed by atoms with Crippen molar-refractivity contribution in [2.24, 2.45) is 0 Å². The number of aromatic nitrogens is 1. The van der Waals surface area contributed by atoms with E-state index in [4.69, 9.17) is 5.11 Å². The van der Waals surface area contributed by atoms with Crippen LogP contribution in [0.15, 0.2) is 95.8 Å². The molecule has 4 nitrogen and oxygen atoms in total. The summed E-state index contributed by atoms with van der Waals surface area (Å²) in [6.07, 6.45) is 3.85. The Bertz CT molecular complexity index is 1920. The molecule has 5 aromatic rings. The van der Waals surface area contributed by atoms with Gasteiger partial charge in [0, 0.05) is 35.0 Å². The third-order valence-corrected chi connectivity index (χ3v) is 7.70. The first-order chi connectivity index (χ1) is 17.6.